The number of aryl methyl sites for hydroxylation is 1. The number of rotatable bonds is 7. The maximum Gasteiger partial charge on any atom is 0.220 e. The Morgan fingerprint density at radius 2 is 1.85 bits per heavy atom. The molecular weight excluding hydrogens is 382 g/mol. The van der Waals surface area contributed by atoms with E-state index in [2.05, 4.69) is 5.32 Å². The average Bonchev–Trinajstić information content (AvgIpc) is 3.08. The number of hydrogen-bond donors (Lipinski definition) is 2. The lowest BCUT2D eigenvalue weighted by Gasteiger charge is -2.11. The number of hydrogen-bond acceptors (Lipinski definition) is 5. The van der Waals surface area contributed by atoms with Crippen molar-refractivity contribution in [2.45, 2.75) is 23.8 Å². The van der Waals surface area contributed by atoms with E-state index in [1.165, 1.54) is 0 Å². The summed E-state index contributed by atoms with van der Waals surface area (Å²) in [6.45, 7) is 0.159. The quantitative estimate of drug-likeness (QED) is 0.635. The van der Waals surface area contributed by atoms with Gasteiger partial charge in [-0.2, -0.15) is 0 Å². The summed E-state index contributed by atoms with van der Waals surface area (Å²) in [5, 5.41) is 16.1. The third kappa shape index (κ3) is 4.94. The average molecular weight is 404 g/mol. The highest BCUT2D eigenvalue weighted by Crippen LogP contribution is 2.29. The molecule has 0 spiro atoms. The van der Waals surface area contributed by atoms with Gasteiger partial charge in [0.1, 0.15) is 0 Å². The van der Waals surface area contributed by atoms with Gasteiger partial charge in [-0.1, -0.05) is 30.3 Å². The van der Waals surface area contributed by atoms with E-state index in [9.17, 15) is 18.3 Å². The van der Waals surface area contributed by atoms with Crippen LogP contribution in [0.25, 0.3) is 10.1 Å². The fourth-order valence-corrected chi connectivity index (χ4v) is 4.46. The lowest BCUT2D eigenvalue weighted by Crippen LogP contribution is -2.28. The van der Waals surface area contributed by atoms with E-state index < -0.39 is 15.9 Å². The van der Waals surface area contributed by atoms with Crippen LogP contribution in [0.4, 0.5) is 0 Å². The molecule has 2 aromatic carbocycles. The molecule has 2 N–H and O–H groups in total. The number of benzene rings is 2. The van der Waals surface area contributed by atoms with Gasteiger partial charge in [-0.25, -0.2) is 8.42 Å². The van der Waals surface area contributed by atoms with Crippen molar-refractivity contribution in [1.29, 1.82) is 0 Å². The van der Waals surface area contributed by atoms with Crippen LogP contribution in [-0.2, 0) is 21.1 Å². The summed E-state index contributed by atoms with van der Waals surface area (Å²) in [6, 6.07) is 14.4. The molecule has 1 heterocycles. The molecule has 0 fully saturated rings. The minimum atomic E-state index is -3.21. The zero-order chi connectivity index (χ0) is 19.4. The van der Waals surface area contributed by atoms with Crippen molar-refractivity contribution >= 4 is 37.2 Å². The molecule has 5 nitrogen and oxygen atoms in total. The van der Waals surface area contributed by atoms with Crippen LogP contribution in [-0.4, -0.2) is 32.2 Å². The van der Waals surface area contributed by atoms with Crippen molar-refractivity contribution in [2.24, 2.45) is 0 Å². The maximum absolute atomic E-state index is 12.1. The van der Waals surface area contributed by atoms with Crippen LogP contribution in [0.3, 0.4) is 0 Å². The van der Waals surface area contributed by atoms with Crippen LogP contribution >= 0.6 is 11.3 Å². The second kappa shape index (κ2) is 8.21. The summed E-state index contributed by atoms with van der Waals surface area (Å²) in [6.07, 6.45) is 1.19. The van der Waals surface area contributed by atoms with Crippen LogP contribution < -0.4 is 5.32 Å². The van der Waals surface area contributed by atoms with Crippen molar-refractivity contribution in [3.8, 4) is 0 Å². The van der Waals surface area contributed by atoms with Crippen molar-refractivity contribution in [3.05, 3.63) is 65.0 Å². The molecule has 142 valence electrons. The van der Waals surface area contributed by atoms with Crippen LogP contribution in [0, 0.1) is 0 Å². The molecule has 0 aliphatic rings. The van der Waals surface area contributed by atoms with Crippen LogP contribution in [0.15, 0.2) is 58.8 Å². The van der Waals surface area contributed by atoms with E-state index in [0.29, 0.717) is 6.42 Å². The number of aliphatic hydroxyl groups excluding tert-OH is 1. The molecule has 1 atom stereocenters. The summed E-state index contributed by atoms with van der Waals surface area (Å²) in [5.74, 6) is -0.152. The van der Waals surface area contributed by atoms with E-state index in [0.717, 1.165) is 27.5 Å². The number of fused-ring (bicyclic) bond motifs is 1. The van der Waals surface area contributed by atoms with E-state index in [1.54, 1.807) is 35.6 Å². The molecule has 0 saturated heterocycles. The predicted octanol–water partition coefficient (Wildman–Crippen LogP) is 3.09. The number of nitrogens with one attached hydrogen (secondary N) is 1. The SMILES string of the molecule is CS(=O)(=O)c1ccc(CCC(=O)NCC(O)c2csc3ccccc23)cc1. The van der Waals surface area contributed by atoms with E-state index in [-0.39, 0.29) is 23.8 Å². The van der Waals surface area contributed by atoms with Gasteiger partial charge in [0.25, 0.3) is 0 Å². The van der Waals surface area contributed by atoms with Crippen LogP contribution in [0.1, 0.15) is 23.7 Å². The Labute approximate surface area is 162 Å². The Morgan fingerprint density at radius 3 is 2.56 bits per heavy atom. The normalized spacial score (nSPS) is 12.8. The number of sulfone groups is 1. The van der Waals surface area contributed by atoms with Crippen molar-refractivity contribution < 1.29 is 18.3 Å². The Morgan fingerprint density at radius 1 is 1.15 bits per heavy atom. The number of carbonyl (C=O) groups is 1. The lowest BCUT2D eigenvalue weighted by molar-refractivity contribution is -0.121. The molecular formula is C20H21NO4S2. The molecule has 0 radical (unpaired) electrons. The molecule has 0 saturated carbocycles. The van der Waals surface area contributed by atoms with E-state index in [4.69, 9.17) is 0 Å². The molecule has 0 aliphatic heterocycles. The van der Waals surface area contributed by atoms with Gasteiger partial charge in [-0.05, 0) is 40.9 Å². The zero-order valence-corrected chi connectivity index (χ0v) is 16.5. The molecule has 7 heteroatoms. The second-order valence-corrected chi connectivity index (χ2v) is 9.35. The number of carbonyl (C=O) groups excluding carboxylic acids is 1. The minimum Gasteiger partial charge on any atom is -0.387 e. The first kappa shape index (κ1) is 19.5. The highest BCUT2D eigenvalue weighted by Gasteiger charge is 2.14. The first-order valence-corrected chi connectivity index (χ1v) is 11.3. The summed E-state index contributed by atoms with van der Waals surface area (Å²) >= 11 is 1.57. The molecule has 3 rings (SSSR count). The van der Waals surface area contributed by atoms with E-state index >= 15 is 0 Å². The maximum atomic E-state index is 12.1. The number of amides is 1. The van der Waals surface area contributed by atoms with Gasteiger partial charge >= 0.3 is 0 Å². The first-order valence-electron chi connectivity index (χ1n) is 8.54. The van der Waals surface area contributed by atoms with Crippen LogP contribution in [0.2, 0.25) is 0 Å². The summed E-state index contributed by atoms with van der Waals surface area (Å²) in [4.78, 5) is 12.3. The topological polar surface area (TPSA) is 83.5 Å². The minimum absolute atomic E-state index is 0.152. The highest BCUT2D eigenvalue weighted by molar-refractivity contribution is 7.90. The van der Waals surface area contributed by atoms with Crippen molar-refractivity contribution in [2.75, 3.05) is 12.8 Å². The third-order valence-corrected chi connectivity index (χ3v) is 6.46. The fraction of sp³-hybridized carbons (Fsp3) is 0.250. The number of thiophene rings is 1. The Hall–Kier alpha value is -2.22. The van der Waals surface area contributed by atoms with Gasteiger partial charge in [-0.3, -0.25) is 4.79 Å². The molecule has 1 amide bonds. The monoisotopic (exact) mass is 403 g/mol. The van der Waals surface area contributed by atoms with Gasteiger partial charge in [0, 0.05) is 29.5 Å². The molecule has 0 bridgehead atoms. The number of aliphatic hydroxyl groups is 1. The zero-order valence-electron chi connectivity index (χ0n) is 14.9. The fourth-order valence-electron chi connectivity index (χ4n) is 2.83. The van der Waals surface area contributed by atoms with Crippen molar-refractivity contribution in [1.82, 2.24) is 5.32 Å². The third-order valence-electron chi connectivity index (χ3n) is 4.35. The Kier molecular flexibility index (Phi) is 5.94. The van der Waals surface area contributed by atoms with E-state index in [1.807, 2.05) is 29.6 Å². The largest absolute Gasteiger partial charge is 0.387 e. The highest BCUT2D eigenvalue weighted by atomic mass is 32.2. The molecule has 27 heavy (non-hydrogen) atoms. The Balaban J connectivity index is 1.51. The summed E-state index contributed by atoms with van der Waals surface area (Å²) < 4.78 is 24.0. The lowest BCUT2D eigenvalue weighted by atomic mass is 10.1. The second-order valence-electron chi connectivity index (χ2n) is 6.42. The molecule has 0 aliphatic carbocycles. The standard InChI is InChI=1S/C20H21NO4S2/c1-27(24,25)15-9-6-14(7-10-15)8-11-20(23)21-12-18(22)17-13-26-19-5-3-2-4-16(17)19/h2-7,9-10,13,18,22H,8,11-12H2,1H3,(H,21,23). The predicted molar refractivity (Wildman–Crippen MR) is 108 cm³/mol. The van der Waals surface area contributed by atoms with Gasteiger partial charge < -0.3 is 10.4 Å². The van der Waals surface area contributed by atoms with Gasteiger partial charge in [0.15, 0.2) is 9.84 Å². The van der Waals surface area contributed by atoms with Crippen molar-refractivity contribution in [3.63, 3.8) is 0 Å². The van der Waals surface area contributed by atoms with Gasteiger partial charge in [0.05, 0.1) is 11.0 Å². The van der Waals surface area contributed by atoms with Crippen LogP contribution in [0.5, 0.6) is 0 Å². The molecule has 1 unspecified atom stereocenters. The summed E-state index contributed by atoms with van der Waals surface area (Å²) in [7, 11) is -3.21. The summed E-state index contributed by atoms with van der Waals surface area (Å²) in [5.41, 5.74) is 1.72. The molecule has 1 aromatic heterocycles. The van der Waals surface area contributed by atoms with Gasteiger partial charge in [0.2, 0.25) is 5.91 Å². The smallest absolute Gasteiger partial charge is 0.220 e. The Bertz CT molecular complexity index is 1040. The van der Waals surface area contributed by atoms with Gasteiger partial charge in [-0.15, -0.1) is 11.3 Å². The first-order chi connectivity index (χ1) is 12.8. The molecule has 3 aromatic rings.